The molecule has 1 aromatic rings. The highest BCUT2D eigenvalue weighted by atomic mass is 16.2. The molecule has 4 heteroatoms. The number of carbonyl (C=O) groups is 2. The summed E-state index contributed by atoms with van der Waals surface area (Å²) < 4.78 is 0. The van der Waals surface area contributed by atoms with Crippen molar-refractivity contribution in [2.45, 2.75) is 46.0 Å². The molecule has 4 nitrogen and oxygen atoms in total. The van der Waals surface area contributed by atoms with Gasteiger partial charge in [-0.05, 0) is 24.8 Å². The number of aryl methyl sites for hydroxylation is 1. The first-order valence-corrected chi connectivity index (χ1v) is 8.19. The van der Waals surface area contributed by atoms with Crippen molar-refractivity contribution in [3.8, 4) is 0 Å². The van der Waals surface area contributed by atoms with Crippen LogP contribution < -0.4 is 5.32 Å². The molecule has 0 saturated carbocycles. The van der Waals surface area contributed by atoms with Crippen molar-refractivity contribution < 1.29 is 9.59 Å². The van der Waals surface area contributed by atoms with Crippen molar-refractivity contribution in [3.05, 3.63) is 35.9 Å². The number of rotatable bonds is 10. The standard InChI is InChI=1S/C18H28N2O2/c1-3-4-8-13-19-18(22)15-20(16(2)21)14-9-12-17-10-6-5-7-11-17/h5-7,10-11H,3-4,8-9,12-15H2,1-2H3,(H,19,22). The van der Waals surface area contributed by atoms with Crippen molar-refractivity contribution in [1.29, 1.82) is 0 Å². The number of hydrogen-bond acceptors (Lipinski definition) is 2. The summed E-state index contributed by atoms with van der Waals surface area (Å²) in [5.41, 5.74) is 1.26. The zero-order chi connectivity index (χ0) is 16.2. The number of carbonyl (C=O) groups excluding carboxylic acids is 2. The molecular weight excluding hydrogens is 276 g/mol. The first-order chi connectivity index (χ1) is 10.6. The second-order valence-electron chi connectivity index (χ2n) is 5.59. The SMILES string of the molecule is CCCCCNC(=O)CN(CCCc1ccccc1)C(C)=O. The van der Waals surface area contributed by atoms with E-state index in [1.54, 1.807) is 4.90 Å². The first kappa shape index (κ1) is 18.2. The minimum absolute atomic E-state index is 0.0447. The highest BCUT2D eigenvalue weighted by Gasteiger charge is 2.12. The van der Waals surface area contributed by atoms with E-state index in [1.165, 1.54) is 12.5 Å². The monoisotopic (exact) mass is 304 g/mol. The zero-order valence-electron chi connectivity index (χ0n) is 13.8. The maximum absolute atomic E-state index is 11.8. The Balaban J connectivity index is 2.29. The fourth-order valence-electron chi connectivity index (χ4n) is 2.30. The number of unbranched alkanes of at least 4 members (excludes halogenated alkanes) is 2. The molecule has 0 radical (unpaired) electrons. The van der Waals surface area contributed by atoms with Gasteiger partial charge in [-0.15, -0.1) is 0 Å². The lowest BCUT2D eigenvalue weighted by molar-refractivity contribution is -0.134. The van der Waals surface area contributed by atoms with Gasteiger partial charge in [0.2, 0.25) is 11.8 Å². The van der Waals surface area contributed by atoms with Crippen molar-refractivity contribution in [2.24, 2.45) is 0 Å². The molecule has 0 spiro atoms. The van der Waals surface area contributed by atoms with Gasteiger partial charge in [-0.2, -0.15) is 0 Å². The van der Waals surface area contributed by atoms with Gasteiger partial charge in [0, 0.05) is 20.0 Å². The summed E-state index contributed by atoms with van der Waals surface area (Å²) in [4.78, 5) is 25.1. The van der Waals surface area contributed by atoms with Gasteiger partial charge in [0.1, 0.15) is 0 Å². The second kappa shape index (κ2) is 10.8. The quantitative estimate of drug-likeness (QED) is 0.676. The minimum Gasteiger partial charge on any atom is -0.355 e. The molecule has 1 aromatic carbocycles. The van der Waals surface area contributed by atoms with E-state index in [-0.39, 0.29) is 18.4 Å². The van der Waals surface area contributed by atoms with Crippen LogP contribution in [0.4, 0.5) is 0 Å². The van der Waals surface area contributed by atoms with Gasteiger partial charge in [-0.25, -0.2) is 0 Å². The van der Waals surface area contributed by atoms with Crippen LogP contribution in [0.3, 0.4) is 0 Å². The Kier molecular flexibility index (Phi) is 8.96. The maximum Gasteiger partial charge on any atom is 0.239 e. The molecule has 122 valence electrons. The van der Waals surface area contributed by atoms with Gasteiger partial charge in [0.25, 0.3) is 0 Å². The smallest absolute Gasteiger partial charge is 0.239 e. The summed E-state index contributed by atoms with van der Waals surface area (Å²) in [6.07, 6.45) is 5.04. The highest BCUT2D eigenvalue weighted by Crippen LogP contribution is 2.04. The Morgan fingerprint density at radius 2 is 1.82 bits per heavy atom. The third-order valence-corrected chi connectivity index (χ3v) is 3.62. The second-order valence-corrected chi connectivity index (χ2v) is 5.59. The van der Waals surface area contributed by atoms with Crippen LogP contribution >= 0.6 is 0 Å². The van der Waals surface area contributed by atoms with Gasteiger partial charge >= 0.3 is 0 Å². The largest absolute Gasteiger partial charge is 0.355 e. The van der Waals surface area contributed by atoms with E-state index < -0.39 is 0 Å². The number of nitrogens with one attached hydrogen (secondary N) is 1. The third-order valence-electron chi connectivity index (χ3n) is 3.62. The van der Waals surface area contributed by atoms with Crippen LogP contribution in [0.5, 0.6) is 0 Å². The Labute approximate surface area is 133 Å². The normalized spacial score (nSPS) is 10.3. The molecule has 0 aliphatic rings. The van der Waals surface area contributed by atoms with Gasteiger partial charge in [0.05, 0.1) is 6.54 Å². The van der Waals surface area contributed by atoms with Crippen LogP contribution in [0, 0.1) is 0 Å². The molecule has 1 N–H and O–H groups in total. The summed E-state index contributed by atoms with van der Waals surface area (Å²) in [6.45, 7) is 5.13. The molecule has 0 aliphatic carbocycles. The van der Waals surface area contributed by atoms with E-state index in [9.17, 15) is 9.59 Å². The van der Waals surface area contributed by atoms with Crippen molar-refractivity contribution >= 4 is 11.8 Å². The molecule has 2 amide bonds. The van der Waals surface area contributed by atoms with E-state index >= 15 is 0 Å². The van der Waals surface area contributed by atoms with Crippen LogP contribution in [-0.2, 0) is 16.0 Å². The Morgan fingerprint density at radius 3 is 2.45 bits per heavy atom. The fourth-order valence-corrected chi connectivity index (χ4v) is 2.30. The molecule has 22 heavy (non-hydrogen) atoms. The average molecular weight is 304 g/mol. The van der Waals surface area contributed by atoms with Crippen LogP contribution in [-0.4, -0.2) is 36.3 Å². The molecule has 0 aliphatic heterocycles. The lowest BCUT2D eigenvalue weighted by atomic mass is 10.1. The van der Waals surface area contributed by atoms with Crippen molar-refractivity contribution in [2.75, 3.05) is 19.6 Å². The molecule has 0 fully saturated rings. The van der Waals surface area contributed by atoms with Crippen molar-refractivity contribution in [1.82, 2.24) is 10.2 Å². The number of hydrogen-bond donors (Lipinski definition) is 1. The van der Waals surface area contributed by atoms with Crippen LogP contribution in [0.2, 0.25) is 0 Å². The fraction of sp³-hybridized carbons (Fsp3) is 0.556. The number of nitrogens with zero attached hydrogens (tertiary/aromatic N) is 1. The van der Waals surface area contributed by atoms with E-state index in [0.29, 0.717) is 13.1 Å². The predicted octanol–water partition coefficient (Wildman–Crippen LogP) is 2.77. The number of amides is 2. The molecule has 0 aromatic heterocycles. The molecule has 0 unspecified atom stereocenters. The van der Waals surface area contributed by atoms with Crippen LogP contribution in [0.25, 0.3) is 0 Å². The van der Waals surface area contributed by atoms with Gasteiger partial charge in [-0.3, -0.25) is 9.59 Å². The van der Waals surface area contributed by atoms with Gasteiger partial charge in [0.15, 0.2) is 0 Å². The van der Waals surface area contributed by atoms with E-state index in [2.05, 4.69) is 24.4 Å². The average Bonchev–Trinajstić information content (AvgIpc) is 2.51. The summed E-state index contributed by atoms with van der Waals surface area (Å²) in [5.74, 6) is -0.109. The van der Waals surface area contributed by atoms with Gasteiger partial charge < -0.3 is 10.2 Å². The lowest BCUT2D eigenvalue weighted by Crippen LogP contribution is -2.40. The summed E-state index contributed by atoms with van der Waals surface area (Å²) in [7, 11) is 0. The molecule has 0 heterocycles. The summed E-state index contributed by atoms with van der Waals surface area (Å²) in [5, 5.41) is 2.88. The van der Waals surface area contributed by atoms with E-state index in [4.69, 9.17) is 0 Å². The molecule has 0 bridgehead atoms. The van der Waals surface area contributed by atoms with Crippen LogP contribution in [0.15, 0.2) is 30.3 Å². The lowest BCUT2D eigenvalue weighted by Gasteiger charge is -2.20. The topological polar surface area (TPSA) is 49.4 Å². The Morgan fingerprint density at radius 1 is 1.09 bits per heavy atom. The maximum atomic E-state index is 11.8. The first-order valence-electron chi connectivity index (χ1n) is 8.19. The third kappa shape index (κ3) is 7.81. The molecule has 0 saturated heterocycles. The predicted molar refractivity (Wildman–Crippen MR) is 89.6 cm³/mol. The minimum atomic E-state index is -0.0639. The Bertz CT molecular complexity index is 446. The molecule has 0 atom stereocenters. The summed E-state index contributed by atoms with van der Waals surface area (Å²) >= 11 is 0. The highest BCUT2D eigenvalue weighted by molar-refractivity contribution is 5.83. The van der Waals surface area contributed by atoms with E-state index in [1.807, 2.05) is 18.2 Å². The number of benzene rings is 1. The van der Waals surface area contributed by atoms with Crippen LogP contribution in [0.1, 0.15) is 45.1 Å². The molecule has 1 rings (SSSR count). The Hall–Kier alpha value is -1.84. The van der Waals surface area contributed by atoms with Crippen molar-refractivity contribution in [3.63, 3.8) is 0 Å². The van der Waals surface area contributed by atoms with E-state index in [0.717, 1.165) is 32.1 Å². The molecular formula is C18H28N2O2. The van der Waals surface area contributed by atoms with Gasteiger partial charge in [-0.1, -0.05) is 50.1 Å². The summed E-state index contributed by atoms with van der Waals surface area (Å²) in [6, 6.07) is 10.2. The zero-order valence-corrected chi connectivity index (χ0v) is 13.8.